The molecular weight excluding hydrogens is 279 g/mol. The number of amides is 2. The fraction of sp³-hybridized carbons (Fsp3) is 0.154. The van der Waals surface area contributed by atoms with Crippen molar-refractivity contribution < 1.29 is 19.1 Å². The Labute approximate surface area is 119 Å². The highest BCUT2D eigenvalue weighted by Crippen LogP contribution is 2.17. The first kappa shape index (κ1) is 14.5. The topological polar surface area (TPSA) is 96.3 Å². The van der Waals surface area contributed by atoms with Gasteiger partial charge in [0.05, 0.1) is 23.5 Å². The molecule has 0 aliphatic rings. The number of aryl methyl sites for hydroxylation is 1. The third-order valence-electron chi connectivity index (χ3n) is 2.81. The summed E-state index contributed by atoms with van der Waals surface area (Å²) in [5.74, 6) is -1.89. The third kappa shape index (κ3) is 3.56. The van der Waals surface area contributed by atoms with Crippen molar-refractivity contribution in [3.05, 3.63) is 47.5 Å². The monoisotopic (exact) mass is 292 g/mol. The molecule has 2 rings (SSSR count). The van der Waals surface area contributed by atoms with Gasteiger partial charge in [0.25, 0.3) is 0 Å². The van der Waals surface area contributed by atoms with E-state index in [-0.39, 0.29) is 17.8 Å². The summed E-state index contributed by atoms with van der Waals surface area (Å²) in [5.41, 5.74) is 0.472. The maximum absolute atomic E-state index is 13.1. The average Bonchev–Trinajstić information content (AvgIpc) is 2.81. The first-order valence-electron chi connectivity index (χ1n) is 6.02. The van der Waals surface area contributed by atoms with Gasteiger partial charge < -0.3 is 15.7 Å². The van der Waals surface area contributed by atoms with Crippen LogP contribution in [0.15, 0.2) is 30.5 Å². The predicted octanol–water partition coefficient (Wildman–Crippen LogP) is 1.58. The van der Waals surface area contributed by atoms with Crippen LogP contribution in [0.25, 0.3) is 0 Å². The van der Waals surface area contributed by atoms with Gasteiger partial charge in [-0.1, -0.05) is 0 Å². The van der Waals surface area contributed by atoms with Crippen LogP contribution in [-0.4, -0.2) is 26.9 Å². The molecule has 1 heterocycles. The van der Waals surface area contributed by atoms with Crippen molar-refractivity contribution in [1.29, 1.82) is 0 Å². The number of carboxylic acid groups (broad SMARTS) is 1. The number of rotatable bonds is 4. The average molecular weight is 292 g/mol. The quantitative estimate of drug-likeness (QED) is 0.797. The van der Waals surface area contributed by atoms with Crippen LogP contribution in [0.4, 0.5) is 14.9 Å². The lowest BCUT2D eigenvalue weighted by atomic mass is 10.2. The van der Waals surface area contributed by atoms with Crippen LogP contribution in [0.5, 0.6) is 0 Å². The number of carbonyl (C=O) groups is 2. The number of hydrogen-bond donors (Lipinski definition) is 3. The number of hydrogen-bond acceptors (Lipinski definition) is 3. The number of carboxylic acids is 1. The predicted molar refractivity (Wildman–Crippen MR) is 72.4 cm³/mol. The summed E-state index contributed by atoms with van der Waals surface area (Å²) in [5, 5.41) is 17.8. The van der Waals surface area contributed by atoms with E-state index in [1.165, 1.54) is 0 Å². The van der Waals surface area contributed by atoms with E-state index in [1.807, 2.05) is 0 Å². The van der Waals surface area contributed by atoms with Crippen LogP contribution >= 0.6 is 0 Å². The highest BCUT2D eigenvalue weighted by Gasteiger charge is 2.13. The molecule has 0 atom stereocenters. The molecule has 0 aliphatic heterocycles. The number of nitrogens with zero attached hydrogens (tertiary/aromatic N) is 2. The van der Waals surface area contributed by atoms with Crippen molar-refractivity contribution >= 4 is 17.7 Å². The van der Waals surface area contributed by atoms with Crippen molar-refractivity contribution in [2.45, 2.75) is 6.54 Å². The number of aromatic nitrogens is 2. The zero-order chi connectivity index (χ0) is 15.4. The van der Waals surface area contributed by atoms with Gasteiger partial charge in [-0.2, -0.15) is 5.10 Å². The molecule has 0 fully saturated rings. The zero-order valence-corrected chi connectivity index (χ0v) is 11.1. The van der Waals surface area contributed by atoms with Gasteiger partial charge in [-0.3, -0.25) is 4.68 Å². The fourth-order valence-corrected chi connectivity index (χ4v) is 1.72. The van der Waals surface area contributed by atoms with Crippen LogP contribution in [0, 0.1) is 5.82 Å². The number of aromatic carboxylic acids is 1. The van der Waals surface area contributed by atoms with Gasteiger partial charge in [-0.15, -0.1) is 0 Å². The van der Waals surface area contributed by atoms with Gasteiger partial charge in [-0.25, -0.2) is 14.0 Å². The van der Waals surface area contributed by atoms with Crippen LogP contribution in [0.3, 0.4) is 0 Å². The fourth-order valence-electron chi connectivity index (χ4n) is 1.72. The maximum atomic E-state index is 13.1. The van der Waals surface area contributed by atoms with Crippen molar-refractivity contribution in [1.82, 2.24) is 15.1 Å². The molecule has 8 heteroatoms. The molecule has 1 aromatic carbocycles. The summed E-state index contributed by atoms with van der Waals surface area (Å²) in [7, 11) is 1.73. The molecule has 0 bridgehead atoms. The molecule has 2 amide bonds. The summed E-state index contributed by atoms with van der Waals surface area (Å²) in [6.07, 6.45) is 1.59. The van der Waals surface area contributed by atoms with Crippen LogP contribution < -0.4 is 10.6 Å². The van der Waals surface area contributed by atoms with Crippen molar-refractivity contribution in [3.63, 3.8) is 0 Å². The van der Waals surface area contributed by atoms with Gasteiger partial charge in [0.1, 0.15) is 5.82 Å². The van der Waals surface area contributed by atoms with E-state index in [0.717, 1.165) is 23.9 Å². The highest BCUT2D eigenvalue weighted by molar-refractivity contribution is 5.99. The third-order valence-corrected chi connectivity index (χ3v) is 2.81. The minimum atomic E-state index is -1.25. The molecule has 7 nitrogen and oxygen atoms in total. The van der Waals surface area contributed by atoms with Gasteiger partial charge >= 0.3 is 12.0 Å². The molecule has 0 radical (unpaired) electrons. The summed E-state index contributed by atoms with van der Waals surface area (Å²) in [6, 6.07) is 4.15. The summed E-state index contributed by atoms with van der Waals surface area (Å²) in [4.78, 5) is 22.7. The van der Waals surface area contributed by atoms with Crippen LogP contribution in [0.2, 0.25) is 0 Å². The molecule has 0 saturated carbocycles. The van der Waals surface area contributed by atoms with Gasteiger partial charge in [-0.05, 0) is 24.3 Å². The van der Waals surface area contributed by atoms with E-state index in [9.17, 15) is 14.0 Å². The minimum Gasteiger partial charge on any atom is -0.478 e. The summed E-state index contributed by atoms with van der Waals surface area (Å²) < 4.78 is 14.7. The smallest absolute Gasteiger partial charge is 0.337 e. The van der Waals surface area contributed by atoms with E-state index in [0.29, 0.717) is 0 Å². The Bertz CT molecular complexity index is 684. The molecule has 1 aromatic heterocycles. The number of halogens is 1. The normalized spacial score (nSPS) is 10.2. The Kier molecular flexibility index (Phi) is 4.17. The highest BCUT2D eigenvalue weighted by atomic mass is 19.1. The Morgan fingerprint density at radius 3 is 2.76 bits per heavy atom. The number of carbonyl (C=O) groups excluding carboxylic acids is 1. The molecule has 0 spiro atoms. The summed E-state index contributed by atoms with van der Waals surface area (Å²) >= 11 is 0. The largest absolute Gasteiger partial charge is 0.478 e. The molecule has 0 saturated heterocycles. The van der Waals surface area contributed by atoms with E-state index in [2.05, 4.69) is 15.7 Å². The lowest BCUT2D eigenvalue weighted by Crippen LogP contribution is -2.29. The second-order valence-corrected chi connectivity index (χ2v) is 4.25. The van der Waals surface area contributed by atoms with Crippen LogP contribution in [-0.2, 0) is 13.6 Å². The molecular formula is C13H13FN4O3. The maximum Gasteiger partial charge on any atom is 0.337 e. The Morgan fingerprint density at radius 1 is 1.38 bits per heavy atom. The standard InChI is InChI=1S/C13H13FN4O3/c1-18-9(4-5-16-18)7-15-13(21)17-11-6-8(14)2-3-10(11)12(19)20/h2-6H,7H2,1H3,(H,19,20)(H2,15,17,21). The molecule has 0 unspecified atom stereocenters. The molecule has 110 valence electrons. The number of benzene rings is 1. The zero-order valence-electron chi connectivity index (χ0n) is 11.1. The van der Waals surface area contributed by atoms with Crippen molar-refractivity contribution in [3.8, 4) is 0 Å². The summed E-state index contributed by atoms with van der Waals surface area (Å²) in [6.45, 7) is 0.208. The second-order valence-electron chi connectivity index (χ2n) is 4.25. The van der Waals surface area contributed by atoms with E-state index in [4.69, 9.17) is 5.11 Å². The van der Waals surface area contributed by atoms with Crippen LogP contribution in [0.1, 0.15) is 16.1 Å². The lowest BCUT2D eigenvalue weighted by Gasteiger charge is -2.10. The Hall–Kier alpha value is -2.90. The SMILES string of the molecule is Cn1nccc1CNC(=O)Nc1cc(F)ccc1C(=O)O. The number of nitrogens with one attached hydrogen (secondary N) is 2. The number of urea groups is 1. The van der Waals surface area contributed by atoms with E-state index in [1.54, 1.807) is 24.0 Å². The Balaban J connectivity index is 2.04. The van der Waals surface area contributed by atoms with Gasteiger partial charge in [0, 0.05) is 13.2 Å². The molecule has 2 aromatic rings. The first-order valence-corrected chi connectivity index (χ1v) is 6.02. The molecule has 3 N–H and O–H groups in total. The lowest BCUT2D eigenvalue weighted by molar-refractivity contribution is 0.0698. The second kappa shape index (κ2) is 6.04. The Morgan fingerprint density at radius 2 is 2.14 bits per heavy atom. The van der Waals surface area contributed by atoms with E-state index < -0.39 is 17.8 Å². The van der Waals surface area contributed by atoms with Gasteiger partial charge in [0.2, 0.25) is 0 Å². The van der Waals surface area contributed by atoms with E-state index >= 15 is 0 Å². The molecule has 0 aliphatic carbocycles. The number of anilines is 1. The van der Waals surface area contributed by atoms with Gasteiger partial charge in [0.15, 0.2) is 0 Å². The molecule has 21 heavy (non-hydrogen) atoms. The minimum absolute atomic E-state index is 0.106. The van der Waals surface area contributed by atoms with Crippen molar-refractivity contribution in [2.75, 3.05) is 5.32 Å². The van der Waals surface area contributed by atoms with Crippen molar-refractivity contribution in [2.24, 2.45) is 7.05 Å². The first-order chi connectivity index (χ1) is 9.97.